The van der Waals surface area contributed by atoms with Gasteiger partial charge in [-0.1, -0.05) is 29.8 Å². The van der Waals surface area contributed by atoms with Crippen LogP contribution in [-0.2, 0) is 0 Å². The zero-order valence-corrected chi connectivity index (χ0v) is 15.7. The molecule has 1 unspecified atom stereocenters. The van der Waals surface area contributed by atoms with E-state index in [1.165, 1.54) is 18.0 Å². The smallest absolute Gasteiger partial charge is 0.168 e. The number of ether oxygens (including phenoxy) is 1. The van der Waals surface area contributed by atoms with E-state index in [-0.39, 0.29) is 11.3 Å². The van der Waals surface area contributed by atoms with Crippen LogP contribution in [0.2, 0.25) is 5.02 Å². The minimum Gasteiger partial charge on any atom is -0.495 e. The highest BCUT2D eigenvalue weighted by Gasteiger charge is 2.29. The van der Waals surface area contributed by atoms with Crippen molar-refractivity contribution >= 4 is 35.1 Å². The summed E-state index contributed by atoms with van der Waals surface area (Å²) in [6.45, 7) is 1.88. The Morgan fingerprint density at radius 3 is 2.85 bits per heavy atom. The standard InChI is InChI=1S/C18H16ClFN4OS/c1-10-16(12-5-3-4-6-14(12)20)17-22-18(26-24(17)23-10)21-11-7-8-15(25-2)13(19)9-11/h3-9,18,21-22H,1-2H3. The van der Waals surface area contributed by atoms with Crippen molar-refractivity contribution in [3.63, 3.8) is 0 Å². The summed E-state index contributed by atoms with van der Waals surface area (Å²) in [5, 5.41) is 11.7. The van der Waals surface area contributed by atoms with Crippen molar-refractivity contribution in [2.75, 3.05) is 17.7 Å². The van der Waals surface area contributed by atoms with Gasteiger partial charge in [-0.3, -0.25) is 0 Å². The molecular weight excluding hydrogens is 375 g/mol. The molecule has 1 atom stereocenters. The fourth-order valence-corrected chi connectivity index (χ4v) is 4.14. The van der Waals surface area contributed by atoms with Gasteiger partial charge in [-0.05, 0) is 31.2 Å². The van der Waals surface area contributed by atoms with Crippen LogP contribution < -0.4 is 15.4 Å². The molecule has 2 aromatic carbocycles. The second kappa shape index (κ2) is 6.74. The molecule has 0 spiro atoms. The number of methoxy groups -OCH3 is 1. The lowest BCUT2D eigenvalue weighted by atomic mass is 10.1. The van der Waals surface area contributed by atoms with E-state index in [9.17, 15) is 4.39 Å². The number of nitrogens with one attached hydrogen (secondary N) is 2. The van der Waals surface area contributed by atoms with Gasteiger partial charge in [-0.25, -0.2) is 4.39 Å². The van der Waals surface area contributed by atoms with E-state index >= 15 is 0 Å². The van der Waals surface area contributed by atoms with Crippen LogP contribution in [-0.4, -0.2) is 21.8 Å². The van der Waals surface area contributed by atoms with Crippen LogP contribution in [0, 0.1) is 12.7 Å². The first kappa shape index (κ1) is 17.1. The lowest BCUT2D eigenvalue weighted by Gasteiger charge is -2.15. The Labute approximate surface area is 159 Å². The second-order valence-electron chi connectivity index (χ2n) is 5.79. The summed E-state index contributed by atoms with van der Waals surface area (Å²) < 4.78 is 21.2. The van der Waals surface area contributed by atoms with Crippen molar-refractivity contribution in [2.45, 2.75) is 12.4 Å². The Bertz CT molecular complexity index is 978. The number of aromatic nitrogens is 2. The van der Waals surface area contributed by atoms with Crippen molar-refractivity contribution in [3.05, 3.63) is 59.0 Å². The lowest BCUT2D eigenvalue weighted by molar-refractivity contribution is 0.415. The first-order valence-corrected chi connectivity index (χ1v) is 9.16. The van der Waals surface area contributed by atoms with Gasteiger partial charge in [-0.2, -0.15) is 9.19 Å². The first-order valence-electron chi connectivity index (χ1n) is 7.95. The fourth-order valence-electron chi connectivity index (χ4n) is 2.91. The highest BCUT2D eigenvalue weighted by Crippen LogP contribution is 2.41. The SMILES string of the molecule is COc1ccc(NC2Nc3c(-c4ccccc4F)c(C)nn3S2)cc1Cl. The van der Waals surface area contributed by atoms with Crippen LogP contribution in [0.15, 0.2) is 42.5 Å². The summed E-state index contributed by atoms with van der Waals surface area (Å²) in [5.41, 5.74) is 2.76. The largest absolute Gasteiger partial charge is 0.495 e. The Morgan fingerprint density at radius 1 is 1.31 bits per heavy atom. The molecule has 0 amide bonds. The maximum atomic E-state index is 14.2. The summed E-state index contributed by atoms with van der Waals surface area (Å²) in [4.78, 5) is 0. The van der Waals surface area contributed by atoms with Crippen molar-refractivity contribution in [3.8, 4) is 16.9 Å². The molecule has 0 saturated heterocycles. The zero-order valence-electron chi connectivity index (χ0n) is 14.1. The molecule has 4 rings (SSSR count). The summed E-state index contributed by atoms with van der Waals surface area (Å²) in [6.07, 6.45) is 0. The molecule has 134 valence electrons. The number of hydrogen-bond donors (Lipinski definition) is 2. The van der Waals surface area contributed by atoms with Gasteiger partial charge in [0.2, 0.25) is 0 Å². The second-order valence-corrected chi connectivity index (χ2v) is 7.22. The summed E-state index contributed by atoms with van der Waals surface area (Å²) in [5.74, 6) is 1.13. The van der Waals surface area contributed by atoms with Gasteiger partial charge in [0.15, 0.2) is 5.50 Å². The predicted octanol–water partition coefficient (Wildman–Crippen LogP) is 4.98. The van der Waals surface area contributed by atoms with Crippen LogP contribution >= 0.6 is 23.5 Å². The van der Waals surface area contributed by atoms with E-state index < -0.39 is 0 Å². The Balaban J connectivity index is 1.59. The molecule has 0 aliphatic carbocycles. The zero-order chi connectivity index (χ0) is 18.3. The average molecular weight is 391 g/mol. The predicted molar refractivity (Wildman–Crippen MR) is 104 cm³/mol. The molecule has 1 aliphatic rings. The molecule has 1 aromatic heterocycles. The first-order chi connectivity index (χ1) is 12.6. The quantitative estimate of drug-likeness (QED) is 0.658. The number of nitrogens with zero attached hydrogens (tertiary/aromatic N) is 2. The average Bonchev–Trinajstić information content (AvgIpc) is 3.12. The van der Waals surface area contributed by atoms with Crippen LogP contribution in [0.4, 0.5) is 15.9 Å². The molecule has 2 heterocycles. The lowest BCUT2D eigenvalue weighted by Crippen LogP contribution is -2.21. The molecule has 26 heavy (non-hydrogen) atoms. The van der Waals surface area contributed by atoms with E-state index in [0.717, 1.165) is 22.8 Å². The summed E-state index contributed by atoms with van der Waals surface area (Å²) in [6, 6.07) is 12.2. The normalized spacial score (nSPS) is 15.5. The van der Waals surface area contributed by atoms with E-state index in [1.807, 2.05) is 19.1 Å². The molecule has 3 aromatic rings. The van der Waals surface area contributed by atoms with E-state index in [0.29, 0.717) is 16.3 Å². The number of aryl methyl sites for hydroxylation is 1. The monoisotopic (exact) mass is 390 g/mol. The van der Waals surface area contributed by atoms with Crippen LogP contribution in [0.1, 0.15) is 5.69 Å². The highest BCUT2D eigenvalue weighted by molar-refractivity contribution is 7.99. The molecule has 0 saturated carbocycles. The highest BCUT2D eigenvalue weighted by atomic mass is 35.5. The maximum Gasteiger partial charge on any atom is 0.168 e. The topological polar surface area (TPSA) is 51.1 Å². The molecule has 8 heteroatoms. The molecule has 1 aliphatic heterocycles. The Hall–Kier alpha value is -2.38. The third-order valence-electron chi connectivity index (χ3n) is 4.10. The third-order valence-corrected chi connectivity index (χ3v) is 5.30. The summed E-state index contributed by atoms with van der Waals surface area (Å²) in [7, 11) is 1.58. The summed E-state index contributed by atoms with van der Waals surface area (Å²) >= 11 is 7.64. The molecule has 0 fully saturated rings. The van der Waals surface area contributed by atoms with Gasteiger partial charge >= 0.3 is 0 Å². The van der Waals surface area contributed by atoms with Gasteiger partial charge in [0, 0.05) is 23.2 Å². The number of fused-ring (bicyclic) bond motifs is 1. The Morgan fingerprint density at radius 2 is 2.12 bits per heavy atom. The van der Waals surface area contributed by atoms with Crippen LogP contribution in [0.5, 0.6) is 5.75 Å². The number of rotatable bonds is 4. The van der Waals surface area contributed by atoms with E-state index in [1.54, 1.807) is 35.5 Å². The van der Waals surface area contributed by atoms with Gasteiger partial charge in [-0.15, -0.1) is 0 Å². The van der Waals surface area contributed by atoms with Crippen molar-refractivity contribution in [1.82, 2.24) is 9.19 Å². The van der Waals surface area contributed by atoms with E-state index in [2.05, 4.69) is 15.7 Å². The minimum atomic E-state index is -0.267. The van der Waals surface area contributed by atoms with Gasteiger partial charge in [0.05, 0.1) is 23.4 Å². The number of hydrogen-bond acceptors (Lipinski definition) is 5. The Kier molecular flexibility index (Phi) is 4.42. The fraction of sp³-hybridized carbons (Fsp3) is 0.167. The molecule has 0 bridgehead atoms. The van der Waals surface area contributed by atoms with E-state index in [4.69, 9.17) is 16.3 Å². The number of anilines is 2. The molecular formula is C18H16ClFN4OS. The van der Waals surface area contributed by atoms with Crippen LogP contribution in [0.3, 0.4) is 0 Å². The van der Waals surface area contributed by atoms with Crippen molar-refractivity contribution < 1.29 is 9.13 Å². The third kappa shape index (κ3) is 2.97. The van der Waals surface area contributed by atoms with Gasteiger partial charge < -0.3 is 15.4 Å². The van der Waals surface area contributed by atoms with Gasteiger partial charge in [0.1, 0.15) is 17.4 Å². The number of benzene rings is 2. The molecule has 2 N–H and O–H groups in total. The molecule has 0 radical (unpaired) electrons. The number of halogens is 2. The van der Waals surface area contributed by atoms with Crippen LogP contribution in [0.25, 0.3) is 11.1 Å². The minimum absolute atomic E-state index is 0.159. The maximum absolute atomic E-state index is 14.2. The van der Waals surface area contributed by atoms with Crippen molar-refractivity contribution in [1.29, 1.82) is 0 Å². The van der Waals surface area contributed by atoms with Gasteiger partial charge in [0.25, 0.3) is 0 Å². The van der Waals surface area contributed by atoms with Crippen molar-refractivity contribution in [2.24, 2.45) is 0 Å². The molecule has 5 nitrogen and oxygen atoms in total.